The van der Waals surface area contributed by atoms with Gasteiger partial charge >= 0.3 is 0 Å². The molecular formula is C14H18. The molecule has 0 aliphatic heterocycles. The van der Waals surface area contributed by atoms with E-state index in [1.165, 1.54) is 25.7 Å². The van der Waals surface area contributed by atoms with Gasteiger partial charge in [0.25, 0.3) is 0 Å². The zero-order valence-electron chi connectivity index (χ0n) is 8.92. The van der Waals surface area contributed by atoms with E-state index in [0.29, 0.717) is 0 Å². The van der Waals surface area contributed by atoms with Gasteiger partial charge in [0.15, 0.2) is 0 Å². The second-order valence-electron chi connectivity index (χ2n) is 4.27. The van der Waals surface area contributed by atoms with Crippen LogP contribution in [0.1, 0.15) is 39.0 Å². The molecule has 2 aliphatic carbocycles. The van der Waals surface area contributed by atoms with Crippen molar-refractivity contribution in [2.45, 2.75) is 39.0 Å². The Morgan fingerprint density at radius 2 is 2.29 bits per heavy atom. The zero-order chi connectivity index (χ0) is 9.80. The zero-order valence-corrected chi connectivity index (χ0v) is 8.92. The average Bonchev–Trinajstić information content (AvgIpc) is 2.79. The quantitative estimate of drug-likeness (QED) is 0.357. The molecule has 2 atom stereocenters. The summed E-state index contributed by atoms with van der Waals surface area (Å²) in [5.41, 5.74) is 1.70. The molecule has 2 unspecified atom stereocenters. The van der Waals surface area contributed by atoms with Gasteiger partial charge in [0.2, 0.25) is 0 Å². The van der Waals surface area contributed by atoms with Crippen LogP contribution in [0.2, 0.25) is 0 Å². The van der Waals surface area contributed by atoms with E-state index in [1.54, 1.807) is 5.57 Å². The normalized spacial score (nSPS) is 27.4. The molecule has 0 N–H and O–H groups in total. The summed E-state index contributed by atoms with van der Waals surface area (Å²) in [5, 5.41) is 0. The van der Waals surface area contributed by atoms with E-state index in [-0.39, 0.29) is 0 Å². The molecule has 74 valence electrons. The Balaban J connectivity index is 1.67. The van der Waals surface area contributed by atoms with E-state index >= 15 is 0 Å². The fourth-order valence-corrected chi connectivity index (χ4v) is 2.46. The Kier molecular flexibility index (Phi) is 3.09. The second kappa shape index (κ2) is 4.51. The van der Waals surface area contributed by atoms with Crippen molar-refractivity contribution >= 4 is 0 Å². The summed E-state index contributed by atoms with van der Waals surface area (Å²) in [6.07, 6.45) is 13.6. The number of unbranched alkanes of at least 4 members (excludes halogenated alkanes) is 2. The maximum absolute atomic E-state index is 3.12. The SMILES string of the molecule is CC#CCCCCC1=CC2C=CC1C2. The minimum Gasteiger partial charge on any atom is -0.107 e. The molecule has 0 spiro atoms. The van der Waals surface area contributed by atoms with E-state index < -0.39 is 0 Å². The Hall–Kier alpha value is -0.960. The molecule has 0 nitrogen and oxygen atoms in total. The number of allylic oxidation sites excluding steroid dienone is 4. The van der Waals surface area contributed by atoms with Gasteiger partial charge in [-0.3, -0.25) is 0 Å². The van der Waals surface area contributed by atoms with Crippen LogP contribution < -0.4 is 0 Å². The number of rotatable bonds is 4. The summed E-state index contributed by atoms with van der Waals surface area (Å²) >= 11 is 0. The highest BCUT2D eigenvalue weighted by atomic mass is 14.3. The monoisotopic (exact) mass is 186 g/mol. The van der Waals surface area contributed by atoms with Crippen molar-refractivity contribution in [1.29, 1.82) is 0 Å². The number of fused-ring (bicyclic) bond motifs is 2. The van der Waals surface area contributed by atoms with Crippen LogP contribution in [0.3, 0.4) is 0 Å². The predicted molar refractivity (Wildman–Crippen MR) is 60.7 cm³/mol. The molecule has 0 amide bonds. The third-order valence-electron chi connectivity index (χ3n) is 3.22. The smallest absolute Gasteiger partial charge is 0.00886 e. The van der Waals surface area contributed by atoms with Crippen molar-refractivity contribution in [3.63, 3.8) is 0 Å². The van der Waals surface area contributed by atoms with Crippen molar-refractivity contribution < 1.29 is 0 Å². The Bertz CT molecular complexity index is 309. The van der Waals surface area contributed by atoms with Gasteiger partial charge in [-0.15, -0.1) is 11.8 Å². The van der Waals surface area contributed by atoms with Crippen LogP contribution in [0.5, 0.6) is 0 Å². The lowest BCUT2D eigenvalue weighted by Gasteiger charge is -2.08. The van der Waals surface area contributed by atoms with Gasteiger partial charge in [-0.05, 0) is 44.4 Å². The van der Waals surface area contributed by atoms with E-state index in [0.717, 1.165) is 18.3 Å². The van der Waals surface area contributed by atoms with Gasteiger partial charge in [0.05, 0.1) is 0 Å². The molecule has 2 aliphatic rings. The Morgan fingerprint density at radius 1 is 1.36 bits per heavy atom. The molecule has 2 rings (SSSR count). The van der Waals surface area contributed by atoms with E-state index in [9.17, 15) is 0 Å². The number of hydrogen-bond acceptors (Lipinski definition) is 0. The lowest BCUT2D eigenvalue weighted by Crippen LogP contribution is -1.93. The highest BCUT2D eigenvalue weighted by molar-refractivity contribution is 5.29. The highest BCUT2D eigenvalue weighted by Crippen LogP contribution is 2.40. The molecule has 2 bridgehead atoms. The second-order valence-corrected chi connectivity index (χ2v) is 4.27. The van der Waals surface area contributed by atoms with Crippen molar-refractivity contribution in [3.8, 4) is 11.8 Å². The predicted octanol–water partition coefficient (Wildman–Crippen LogP) is 3.70. The van der Waals surface area contributed by atoms with Crippen LogP contribution in [0.25, 0.3) is 0 Å². The summed E-state index contributed by atoms with van der Waals surface area (Å²) in [7, 11) is 0. The minimum atomic E-state index is 0.783. The van der Waals surface area contributed by atoms with Gasteiger partial charge in [-0.25, -0.2) is 0 Å². The third kappa shape index (κ3) is 2.10. The largest absolute Gasteiger partial charge is 0.107 e. The standard InChI is InChI=1S/C14H18/c1-2-3-4-5-6-7-13-10-12-8-9-14(13)11-12/h8-10,12,14H,4-7,11H2,1H3. The summed E-state index contributed by atoms with van der Waals surface area (Å²) in [6.45, 7) is 1.92. The molecule has 0 saturated heterocycles. The molecule has 0 saturated carbocycles. The average molecular weight is 186 g/mol. The lowest BCUT2D eigenvalue weighted by atomic mass is 9.97. The first-order valence-electron chi connectivity index (χ1n) is 5.68. The van der Waals surface area contributed by atoms with Crippen LogP contribution in [0.15, 0.2) is 23.8 Å². The summed E-state index contributed by atoms with van der Waals surface area (Å²) < 4.78 is 0. The minimum absolute atomic E-state index is 0.783. The van der Waals surface area contributed by atoms with Gasteiger partial charge in [-0.2, -0.15) is 0 Å². The van der Waals surface area contributed by atoms with Crippen LogP contribution in [-0.4, -0.2) is 0 Å². The maximum Gasteiger partial charge on any atom is 0.00886 e. The first kappa shape index (κ1) is 9.59. The van der Waals surface area contributed by atoms with Crippen molar-refractivity contribution in [1.82, 2.24) is 0 Å². The van der Waals surface area contributed by atoms with Crippen LogP contribution >= 0.6 is 0 Å². The molecule has 0 heteroatoms. The van der Waals surface area contributed by atoms with Crippen molar-refractivity contribution in [2.75, 3.05) is 0 Å². The molecule has 0 aromatic rings. The maximum atomic E-state index is 3.12. The third-order valence-corrected chi connectivity index (χ3v) is 3.22. The Morgan fingerprint density at radius 3 is 2.93 bits per heavy atom. The van der Waals surface area contributed by atoms with Crippen molar-refractivity contribution in [3.05, 3.63) is 23.8 Å². The van der Waals surface area contributed by atoms with E-state index in [2.05, 4.69) is 30.1 Å². The molecule has 14 heavy (non-hydrogen) atoms. The molecule has 0 aromatic heterocycles. The fourth-order valence-electron chi connectivity index (χ4n) is 2.46. The summed E-state index contributed by atoms with van der Waals surface area (Å²) in [6, 6.07) is 0. The highest BCUT2D eigenvalue weighted by Gasteiger charge is 2.26. The number of hydrogen-bond donors (Lipinski definition) is 0. The van der Waals surface area contributed by atoms with Gasteiger partial charge < -0.3 is 0 Å². The summed E-state index contributed by atoms with van der Waals surface area (Å²) in [5.74, 6) is 7.66. The van der Waals surface area contributed by atoms with Gasteiger partial charge in [-0.1, -0.05) is 23.8 Å². The van der Waals surface area contributed by atoms with Gasteiger partial charge in [0, 0.05) is 6.42 Å². The molecule has 0 fully saturated rings. The van der Waals surface area contributed by atoms with Crippen LogP contribution in [0.4, 0.5) is 0 Å². The summed E-state index contributed by atoms with van der Waals surface area (Å²) in [4.78, 5) is 0. The van der Waals surface area contributed by atoms with Crippen LogP contribution in [-0.2, 0) is 0 Å². The molecule has 0 heterocycles. The first-order valence-corrected chi connectivity index (χ1v) is 5.68. The lowest BCUT2D eigenvalue weighted by molar-refractivity contribution is 0.664. The first-order chi connectivity index (χ1) is 6.90. The Labute approximate surface area is 87.1 Å². The molecular weight excluding hydrogens is 168 g/mol. The molecule has 0 radical (unpaired) electrons. The van der Waals surface area contributed by atoms with E-state index in [1.807, 2.05) is 6.92 Å². The topological polar surface area (TPSA) is 0 Å². The fraction of sp³-hybridized carbons (Fsp3) is 0.571. The molecule has 0 aromatic carbocycles. The van der Waals surface area contributed by atoms with Crippen LogP contribution in [0, 0.1) is 23.7 Å². The van der Waals surface area contributed by atoms with Crippen molar-refractivity contribution in [2.24, 2.45) is 11.8 Å². The van der Waals surface area contributed by atoms with Gasteiger partial charge in [0.1, 0.15) is 0 Å². The van der Waals surface area contributed by atoms with E-state index in [4.69, 9.17) is 0 Å².